The molecule has 1 aliphatic carbocycles. The first-order valence-electron chi connectivity index (χ1n) is 9.22. The fourth-order valence-electron chi connectivity index (χ4n) is 2.96. The molecular weight excluding hydrogens is 372 g/mol. The Kier molecular flexibility index (Phi) is 7.05. The number of hydrogen-bond donors (Lipinski definition) is 4. The van der Waals surface area contributed by atoms with Crippen LogP contribution >= 0.6 is 0 Å². The lowest BCUT2D eigenvalue weighted by atomic mass is 9.72. The number of hydrogen-bond acceptors (Lipinski definition) is 6. The second-order valence-electron chi connectivity index (χ2n) is 7.82. The normalized spacial score (nSPS) is 21.4. The van der Waals surface area contributed by atoms with Crippen LogP contribution < -0.4 is 11.1 Å². The minimum absolute atomic E-state index is 0.0543. The van der Waals surface area contributed by atoms with Gasteiger partial charge in [0, 0.05) is 23.3 Å². The maximum Gasteiger partial charge on any atom is 0.330 e. The molecule has 1 saturated carbocycles. The van der Waals surface area contributed by atoms with Gasteiger partial charge in [-0.3, -0.25) is 4.79 Å². The molecule has 0 heterocycles. The molecule has 2 rings (SSSR count). The van der Waals surface area contributed by atoms with Crippen LogP contribution in [0.2, 0.25) is 0 Å². The molecule has 0 bridgehead atoms. The van der Waals surface area contributed by atoms with Crippen LogP contribution in [0, 0.1) is 29.6 Å². The van der Waals surface area contributed by atoms with E-state index in [-0.39, 0.29) is 12.5 Å². The van der Waals surface area contributed by atoms with Crippen LogP contribution in [0.1, 0.15) is 42.6 Å². The summed E-state index contributed by atoms with van der Waals surface area (Å²) in [5.74, 6) is 9.88. The molecule has 0 aliphatic heterocycles. The highest BCUT2D eigenvalue weighted by atomic mass is 16.5. The SMILES string of the molecule is COC(=O)C(NC(=O)c1ccc(C#CC#CC2(O)CC(CO)C2)cc1)C(C)(C)N. The number of aliphatic hydroxyl groups is 2. The van der Waals surface area contributed by atoms with Crippen molar-refractivity contribution in [3.63, 3.8) is 0 Å². The van der Waals surface area contributed by atoms with Gasteiger partial charge in [-0.1, -0.05) is 11.8 Å². The van der Waals surface area contributed by atoms with Gasteiger partial charge in [-0.15, -0.1) is 0 Å². The molecule has 1 amide bonds. The van der Waals surface area contributed by atoms with E-state index >= 15 is 0 Å². The summed E-state index contributed by atoms with van der Waals surface area (Å²) in [6, 6.07) is 5.48. The standard InChI is InChI=1S/C22H26N2O5/c1-21(2,23)18(20(27)29-3)24-19(26)17-9-7-15(8-10-17)6-4-5-11-22(28)12-16(13-22)14-25/h7-10,16,18,25,28H,12-14,23H2,1-3H3,(H,24,26). The summed E-state index contributed by atoms with van der Waals surface area (Å²) < 4.78 is 4.70. The van der Waals surface area contributed by atoms with Gasteiger partial charge in [0.25, 0.3) is 5.91 Å². The van der Waals surface area contributed by atoms with Gasteiger partial charge in [-0.25, -0.2) is 4.79 Å². The number of amides is 1. The summed E-state index contributed by atoms with van der Waals surface area (Å²) in [5.41, 5.74) is 4.90. The first kappa shape index (κ1) is 22.4. The smallest absolute Gasteiger partial charge is 0.330 e. The van der Waals surface area contributed by atoms with Crippen molar-refractivity contribution in [3.05, 3.63) is 35.4 Å². The molecule has 154 valence electrons. The zero-order valence-corrected chi connectivity index (χ0v) is 16.8. The Balaban J connectivity index is 2.00. The number of nitrogens with two attached hydrogens (primary N) is 1. The summed E-state index contributed by atoms with van der Waals surface area (Å²) >= 11 is 0. The Hall–Kier alpha value is -2.84. The highest BCUT2D eigenvalue weighted by Gasteiger charge is 2.40. The van der Waals surface area contributed by atoms with E-state index in [1.165, 1.54) is 7.11 Å². The monoisotopic (exact) mass is 398 g/mol. The first-order valence-corrected chi connectivity index (χ1v) is 9.22. The van der Waals surface area contributed by atoms with Gasteiger partial charge in [0.2, 0.25) is 0 Å². The van der Waals surface area contributed by atoms with Gasteiger partial charge in [-0.2, -0.15) is 0 Å². The quantitative estimate of drug-likeness (QED) is 0.415. The van der Waals surface area contributed by atoms with Gasteiger partial charge in [0.05, 0.1) is 7.11 Å². The number of esters is 1. The first-order chi connectivity index (χ1) is 13.6. The van der Waals surface area contributed by atoms with Gasteiger partial charge in [-0.05, 0) is 68.7 Å². The number of benzene rings is 1. The van der Waals surface area contributed by atoms with Crippen molar-refractivity contribution in [3.8, 4) is 23.7 Å². The van der Waals surface area contributed by atoms with Crippen molar-refractivity contribution in [2.45, 2.75) is 43.9 Å². The lowest BCUT2D eigenvalue weighted by Crippen LogP contribution is -2.59. The average molecular weight is 398 g/mol. The van der Waals surface area contributed by atoms with Crippen LogP contribution in [-0.2, 0) is 9.53 Å². The molecule has 1 atom stereocenters. The molecule has 0 saturated heterocycles. The second kappa shape index (κ2) is 9.11. The number of carbonyl (C=O) groups is 2. The van der Waals surface area contributed by atoms with E-state index in [9.17, 15) is 14.7 Å². The minimum atomic E-state index is -1.06. The summed E-state index contributed by atoms with van der Waals surface area (Å²) in [4.78, 5) is 24.3. The van der Waals surface area contributed by atoms with E-state index in [1.54, 1.807) is 38.1 Å². The predicted octanol–water partition coefficient (Wildman–Crippen LogP) is 0.184. The molecule has 1 aliphatic rings. The van der Waals surface area contributed by atoms with E-state index in [0.717, 1.165) is 0 Å². The molecule has 1 unspecified atom stereocenters. The largest absolute Gasteiger partial charge is 0.467 e. The molecular formula is C22H26N2O5. The zero-order valence-electron chi connectivity index (χ0n) is 16.8. The van der Waals surface area contributed by atoms with Crippen LogP contribution in [0.5, 0.6) is 0 Å². The van der Waals surface area contributed by atoms with Crippen molar-refractivity contribution in [1.82, 2.24) is 5.32 Å². The van der Waals surface area contributed by atoms with Crippen molar-refractivity contribution in [2.24, 2.45) is 11.7 Å². The Bertz CT molecular complexity index is 872. The van der Waals surface area contributed by atoms with Crippen LogP contribution in [0.4, 0.5) is 0 Å². The molecule has 7 heteroatoms. The van der Waals surface area contributed by atoms with Crippen molar-refractivity contribution in [2.75, 3.05) is 13.7 Å². The van der Waals surface area contributed by atoms with Crippen molar-refractivity contribution >= 4 is 11.9 Å². The number of carbonyl (C=O) groups excluding carboxylic acids is 2. The third-order valence-corrected chi connectivity index (χ3v) is 4.68. The molecule has 1 aromatic carbocycles. The topological polar surface area (TPSA) is 122 Å². The van der Waals surface area contributed by atoms with Crippen LogP contribution in [0.3, 0.4) is 0 Å². The van der Waals surface area contributed by atoms with Crippen molar-refractivity contribution < 1.29 is 24.5 Å². The summed E-state index contributed by atoms with van der Waals surface area (Å²) in [6.07, 6.45) is 0.905. The summed E-state index contributed by atoms with van der Waals surface area (Å²) in [5, 5.41) is 21.6. The number of ether oxygens (including phenoxy) is 1. The summed E-state index contributed by atoms with van der Waals surface area (Å²) in [7, 11) is 1.23. The fourth-order valence-corrected chi connectivity index (χ4v) is 2.96. The maximum absolute atomic E-state index is 12.4. The average Bonchev–Trinajstić information content (AvgIpc) is 2.66. The van der Waals surface area contributed by atoms with E-state index in [0.29, 0.717) is 24.0 Å². The van der Waals surface area contributed by atoms with E-state index in [2.05, 4.69) is 29.0 Å². The Morgan fingerprint density at radius 1 is 1.31 bits per heavy atom. The molecule has 7 nitrogen and oxygen atoms in total. The Morgan fingerprint density at radius 3 is 2.45 bits per heavy atom. The number of nitrogens with one attached hydrogen (secondary N) is 1. The van der Waals surface area contributed by atoms with Gasteiger partial charge < -0.3 is 26.0 Å². The molecule has 0 spiro atoms. The molecule has 1 fully saturated rings. The lowest BCUT2D eigenvalue weighted by Gasteiger charge is -2.38. The third-order valence-electron chi connectivity index (χ3n) is 4.68. The highest BCUT2D eigenvalue weighted by molar-refractivity contribution is 5.97. The molecule has 0 aromatic heterocycles. The number of aliphatic hydroxyl groups excluding tert-OH is 1. The highest BCUT2D eigenvalue weighted by Crippen LogP contribution is 2.36. The predicted molar refractivity (Wildman–Crippen MR) is 107 cm³/mol. The molecule has 5 N–H and O–H groups in total. The van der Waals surface area contributed by atoms with Crippen LogP contribution in [0.15, 0.2) is 24.3 Å². The van der Waals surface area contributed by atoms with E-state index in [4.69, 9.17) is 15.6 Å². The van der Waals surface area contributed by atoms with Gasteiger partial charge in [0.1, 0.15) is 11.6 Å². The second-order valence-corrected chi connectivity index (χ2v) is 7.82. The number of methoxy groups -OCH3 is 1. The van der Waals surface area contributed by atoms with E-state index < -0.39 is 29.1 Å². The molecule has 1 aromatic rings. The number of rotatable bonds is 5. The lowest BCUT2D eigenvalue weighted by molar-refractivity contribution is -0.144. The van der Waals surface area contributed by atoms with Crippen LogP contribution in [0.25, 0.3) is 0 Å². The Labute approximate surface area is 170 Å². The van der Waals surface area contributed by atoms with Gasteiger partial charge >= 0.3 is 5.97 Å². The van der Waals surface area contributed by atoms with Crippen molar-refractivity contribution in [1.29, 1.82) is 0 Å². The fraction of sp³-hybridized carbons (Fsp3) is 0.455. The maximum atomic E-state index is 12.4. The minimum Gasteiger partial charge on any atom is -0.467 e. The molecule has 29 heavy (non-hydrogen) atoms. The molecule has 0 radical (unpaired) electrons. The van der Waals surface area contributed by atoms with E-state index in [1.807, 2.05) is 0 Å². The van der Waals surface area contributed by atoms with Gasteiger partial charge in [0.15, 0.2) is 0 Å². The third kappa shape index (κ3) is 6.07. The summed E-state index contributed by atoms with van der Waals surface area (Å²) in [6.45, 7) is 3.30. The van der Waals surface area contributed by atoms with Crippen LogP contribution in [-0.4, -0.2) is 53.0 Å². The zero-order chi connectivity index (χ0) is 21.7. The Morgan fingerprint density at radius 2 is 1.93 bits per heavy atom.